The molecule has 1 aromatic carbocycles. The minimum Gasteiger partial charge on any atom is -0.465 e. The molecule has 4 rings (SSSR count). The Kier molecular flexibility index (Phi) is 5.26. The van der Waals surface area contributed by atoms with E-state index in [2.05, 4.69) is 11.0 Å². The van der Waals surface area contributed by atoms with Gasteiger partial charge in [0.05, 0.1) is 6.26 Å². The molecular formula is C23H23FN2O2. The summed E-state index contributed by atoms with van der Waals surface area (Å²) in [5.74, 6) is 0.569. The Labute approximate surface area is 163 Å². The topological polar surface area (TPSA) is 38.4 Å². The Morgan fingerprint density at radius 3 is 2.89 bits per heavy atom. The summed E-state index contributed by atoms with van der Waals surface area (Å²) in [7, 11) is 1.84. The summed E-state index contributed by atoms with van der Waals surface area (Å²) >= 11 is 0. The largest absolute Gasteiger partial charge is 0.465 e. The maximum absolute atomic E-state index is 13.5. The fourth-order valence-corrected chi connectivity index (χ4v) is 3.81. The molecule has 4 nitrogen and oxygen atoms in total. The molecule has 0 N–H and O–H groups in total. The van der Waals surface area contributed by atoms with Gasteiger partial charge in [0.15, 0.2) is 0 Å². The molecule has 1 aliphatic rings. The second-order valence-corrected chi connectivity index (χ2v) is 7.22. The van der Waals surface area contributed by atoms with Crippen LogP contribution < -0.4 is 5.56 Å². The molecule has 0 unspecified atom stereocenters. The number of furan rings is 1. The van der Waals surface area contributed by atoms with E-state index in [0.717, 1.165) is 43.1 Å². The van der Waals surface area contributed by atoms with E-state index in [-0.39, 0.29) is 11.4 Å². The zero-order valence-electron chi connectivity index (χ0n) is 15.9. The number of aromatic nitrogens is 1. The molecule has 144 valence electrons. The summed E-state index contributed by atoms with van der Waals surface area (Å²) in [4.78, 5) is 15.1. The van der Waals surface area contributed by atoms with Crippen molar-refractivity contribution in [3.63, 3.8) is 0 Å². The number of rotatable bonds is 5. The standard InChI is InChI=1S/C23H23FN2O2/c1-25-22-9-11-26(10-3-7-21-8-4-12-28-21)16-19(22)15-18(23(25)27)13-17-5-2-6-20(24)14-17/h2-8,12,14-15H,9-11,13,16H2,1H3/b7-3+. The summed E-state index contributed by atoms with van der Waals surface area (Å²) in [5.41, 5.74) is 3.80. The van der Waals surface area contributed by atoms with Crippen LogP contribution in [0, 0.1) is 5.82 Å². The molecule has 0 saturated heterocycles. The molecule has 0 radical (unpaired) electrons. The van der Waals surface area contributed by atoms with Crippen LogP contribution in [-0.2, 0) is 26.4 Å². The molecule has 3 heterocycles. The lowest BCUT2D eigenvalue weighted by molar-refractivity contribution is 0.276. The van der Waals surface area contributed by atoms with Gasteiger partial charge >= 0.3 is 0 Å². The zero-order chi connectivity index (χ0) is 19.5. The number of pyridine rings is 1. The first-order valence-electron chi connectivity index (χ1n) is 9.47. The lowest BCUT2D eigenvalue weighted by Crippen LogP contribution is -2.36. The Morgan fingerprint density at radius 1 is 1.21 bits per heavy atom. The number of hydrogen-bond donors (Lipinski definition) is 0. The van der Waals surface area contributed by atoms with Gasteiger partial charge in [-0.2, -0.15) is 0 Å². The molecule has 0 amide bonds. The van der Waals surface area contributed by atoms with Crippen molar-refractivity contribution < 1.29 is 8.81 Å². The van der Waals surface area contributed by atoms with E-state index in [1.165, 1.54) is 17.7 Å². The molecule has 2 aromatic heterocycles. The number of halogens is 1. The van der Waals surface area contributed by atoms with Gasteiger partial charge in [0.25, 0.3) is 5.56 Å². The van der Waals surface area contributed by atoms with Gasteiger partial charge in [0.1, 0.15) is 11.6 Å². The van der Waals surface area contributed by atoms with E-state index in [1.54, 1.807) is 16.9 Å². The monoisotopic (exact) mass is 378 g/mol. The summed E-state index contributed by atoms with van der Waals surface area (Å²) in [6.45, 7) is 2.52. The second kappa shape index (κ2) is 7.98. The highest BCUT2D eigenvalue weighted by atomic mass is 19.1. The van der Waals surface area contributed by atoms with Crippen LogP contribution in [0.3, 0.4) is 0 Å². The highest BCUT2D eigenvalue weighted by Crippen LogP contribution is 2.20. The number of benzene rings is 1. The molecule has 3 aromatic rings. The number of fused-ring (bicyclic) bond motifs is 1. The molecule has 1 aliphatic heterocycles. The van der Waals surface area contributed by atoms with E-state index in [9.17, 15) is 9.18 Å². The molecular weight excluding hydrogens is 355 g/mol. The van der Waals surface area contributed by atoms with Crippen LogP contribution in [0.5, 0.6) is 0 Å². The van der Waals surface area contributed by atoms with E-state index in [1.807, 2.05) is 37.4 Å². The first-order chi connectivity index (χ1) is 13.6. The third-order valence-electron chi connectivity index (χ3n) is 5.23. The summed E-state index contributed by atoms with van der Waals surface area (Å²) < 4.78 is 20.6. The third kappa shape index (κ3) is 3.99. The number of nitrogens with zero attached hydrogens (tertiary/aromatic N) is 2. The van der Waals surface area contributed by atoms with Crippen molar-refractivity contribution in [1.82, 2.24) is 9.47 Å². The average molecular weight is 378 g/mol. The maximum Gasteiger partial charge on any atom is 0.254 e. The summed E-state index contributed by atoms with van der Waals surface area (Å²) in [5, 5.41) is 0. The minimum absolute atomic E-state index is 0.00850. The van der Waals surface area contributed by atoms with Gasteiger partial charge in [-0.25, -0.2) is 4.39 Å². The van der Waals surface area contributed by atoms with Crippen LogP contribution in [0.15, 0.2) is 64.0 Å². The lowest BCUT2D eigenvalue weighted by Gasteiger charge is -2.29. The fraction of sp³-hybridized carbons (Fsp3) is 0.261. The molecule has 0 atom stereocenters. The normalized spacial score (nSPS) is 14.5. The van der Waals surface area contributed by atoms with Gasteiger partial charge in [0, 0.05) is 50.8 Å². The van der Waals surface area contributed by atoms with Gasteiger partial charge in [-0.05, 0) is 47.5 Å². The van der Waals surface area contributed by atoms with E-state index < -0.39 is 0 Å². The van der Waals surface area contributed by atoms with Crippen molar-refractivity contribution in [3.8, 4) is 0 Å². The zero-order valence-corrected chi connectivity index (χ0v) is 15.9. The summed E-state index contributed by atoms with van der Waals surface area (Å²) in [6.07, 6.45) is 7.02. The molecule has 0 spiro atoms. The van der Waals surface area contributed by atoms with Crippen molar-refractivity contribution in [2.75, 3.05) is 13.1 Å². The van der Waals surface area contributed by atoms with Crippen molar-refractivity contribution in [2.24, 2.45) is 7.05 Å². The highest BCUT2D eigenvalue weighted by Gasteiger charge is 2.20. The first kappa shape index (κ1) is 18.4. The highest BCUT2D eigenvalue weighted by molar-refractivity contribution is 5.42. The Morgan fingerprint density at radius 2 is 2.11 bits per heavy atom. The Balaban J connectivity index is 1.53. The van der Waals surface area contributed by atoms with Crippen molar-refractivity contribution in [1.29, 1.82) is 0 Å². The quantitative estimate of drug-likeness (QED) is 0.678. The van der Waals surface area contributed by atoms with Gasteiger partial charge in [-0.3, -0.25) is 9.69 Å². The van der Waals surface area contributed by atoms with Gasteiger partial charge < -0.3 is 8.98 Å². The van der Waals surface area contributed by atoms with Crippen LogP contribution in [0.4, 0.5) is 4.39 Å². The minimum atomic E-state index is -0.276. The molecule has 5 heteroatoms. The predicted molar refractivity (Wildman–Crippen MR) is 108 cm³/mol. The molecule has 0 fully saturated rings. The second-order valence-electron chi connectivity index (χ2n) is 7.22. The predicted octanol–water partition coefficient (Wildman–Crippen LogP) is 3.78. The van der Waals surface area contributed by atoms with Crippen LogP contribution >= 0.6 is 0 Å². The van der Waals surface area contributed by atoms with Crippen LogP contribution in [-0.4, -0.2) is 22.6 Å². The third-order valence-corrected chi connectivity index (χ3v) is 5.23. The van der Waals surface area contributed by atoms with Crippen LogP contribution in [0.1, 0.15) is 28.1 Å². The Hall–Kier alpha value is -2.92. The van der Waals surface area contributed by atoms with Crippen molar-refractivity contribution >= 4 is 6.08 Å². The maximum atomic E-state index is 13.5. The van der Waals surface area contributed by atoms with E-state index >= 15 is 0 Å². The lowest BCUT2D eigenvalue weighted by atomic mass is 9.99. The van der Waals surface area contributed by atoms with Crippen LogP contribution in [0.2, 0.25) is 0 Å². The smallest absolute Gasteiger partial charge is 0.254 e. The van der Waals surface area contributed by atoms with Crippen molar-refractivity contribution in [2.45, 2.75) is 19.4 Å². The Bertz CT molecular complexity index is 1050. The first-order valence-corrected chi connectivity index (χ1v) is 9.47. The molecule has 0 saturated carbocycles. The molecule has 28 heavy (non-hydrogen) atoms. The molecule has 0 aliphatic carbocycles. The molecule has 0 bridgehead atoms. The average Bonchev–Trinajstić information content (AvgIpc) is 3.19. The van der Waals surface area contributed by atoms with Gasteiger partial charge in [-0.15, -0.1) is 0 Å². The van der Waals surface area contributed by atoms with E-state index in [0.29, 0.717) is 12.0 Å². The number of hydrogen-bond acceptors (Lipinski definition) is 3. The van der Waals surface area contributed by atoms with Gasteiger partial charge in [-0.1, -0.05) is 18.2 Å². The van der Waals surface area contributed by atoms with Crippen molar-refractivity contribution in [3.05, 3.63) is 99.1 Å². The van der Waals surface area contributed by atoms with E-state index in [4.69, 9.17) is 4.42 Å². The van der Waals surface area contributed by atoms with Gasteiger partial charge in [0.2, 0.25) is 0 Å². The SMILES string of the molecule is Cn1c2c(cc(Cc3cccc(F)c3)c1=O)CN(C/C=C/c1ccco1)CC2. The van der Waals surface area contributed by atoms with Crippen LogP contribution in [0.25, 0.3) is 6.08 Å². The fourth-order valence-electron chi connectivity index (χ4n) is 3.81. The summed E-state index contributed by atoms with van der Waals surface area (Å²) in [6, 6.07) is 12.3.